The maximum atomic E-state index is 10.5. The monoisotopic (exact) mass is 249 g/mol. The molecule has 3 heteroatoms. The van der Waals surface area contributed by atoms with Crippen LogP contribution >= 0.6 is 11.3 Å². The van der Waals surface area contributed by atoms with Gasteiger partial charge in [-0.3, -0.25) is 0 Å². The van der Waals surface area contributed by atoms with Crippen LogP contribution in [0, 0.1) is 29.6 Å². The van der Waals surface area contributed by atoms with Crippen LogP contribution in [0.2, 0.25) is 0 Å². The molecule has 0 bridgehead atoms. The Kier molecular flexibility index (Phi) is 3.56. The lowest BCUT2D eigenvalue weighted by atomic mass is 9.68. The first-order valence-corrected chi connectivity index (χ1v) is 7.10. The van der Waals surface area contributed by atoms with Crippen LogP contribution in [0.1, 0.15) is 49.2 Å². The molecule has 92 valence electrons. The Labute approximate surface area is 107 Å². The Bertz CT molecular complexity index is 424. The highest BCUT2D eigenvalue weighted by Gasteiger charge is 2.42. The summed E-state index contributed by atoms with van der Waals surface area (Å²) in [6.07, 6.45) is 3.14. The van der Waals surface area contributed by atoms with Crippen molar-refractivity contribution in [1.29, 1.82) is 5.26 Å². The topological polar surface area (TPSA) is 44.0 Å². The van der Waals surface area contributed by atoms with Crippen LogP contribution in [0.25, 0.3) is 0 Å². The van der Waals surface area contributed by atoms with Crippen molar-refractivity contribution >= 4 is 11.3 Å². The van der Waals surface area contributed by atoms with E-state index in [1.807, 2.05) is 18.4 Å². The average Bonchev–Trinajstić information content (AvgIpc) is 2.76. The predicted molar refractivity (Wildman–Crippen MR) is 69.7 cm³/mol. The van der Waals surface area contributed by atoms with Gasteiger partial charge in [-0.05, 0) is 55.5 Å². The molecule has 2 nitrogen and oxygen atoms in total. The summed E-state index contributed by atoms with van der Waals surface area (Å²) in [5.74, 6) is 0.688. The van der Waals surface area contributed by atoms with Gasteiger partial charge in [-0.1, -0.05) is 6.92 Å². The normalized spacial score (nSPS) is 30.8. The second-order valence-electron chi connectivity index (χ2n) is 5.32. The Morgan fingerprint density at radius 3 is 2.65 bits per heavy atom. The fourth-order valence-corrected chi connectivity index (χ4v) is 3.67. The summed E-state index contributed by atoms with van der Waals surface area (Å²) in [6.45, 7) is 4.23. The molecule has 0 saturated heterocycles. The molecular formula is C14H19NOS. The minimum absolute atomic E-state index is 0.553. The van der Waals surface area contributed by atoms with Crippen LogP contribution in [0.3, 0.4) is 0 Å². The lowest BCUT2D eigenvalue weighted by Crippen LogP contribution is -2.31. The fraction of sp³-hybridized carbons (Fsp3) is 0.643. The van der Waals surface area contributed by atoms with E-state index in [0.29, 0.717) is 5.92 Å². The molecule has 2 rings (SSSR count). The van der Waals surface area contributed by atoms with Gasteiger partial charge in [-0.2, -0.15) is 5.26 Å². The van der Waals surface area contributed by atoms with Crippen LogP contribution in [0.4, 0.5) is 0 Å². The molecule has 1 aromatic rings. The zero-order chi connectivity index (χ0) is 12.5. The number of hydrogen-bond acceptors (Lipinski definition) is 3. The van der Waals surface area contributed by atoms with Gasteiger partial charge >= 0.3 is 0 Å². The van der Waals surface area contributed by atoms with E-state index in [1.54, 1.807) is 11.3 Å². The molecule has 1 saturated carbocycles. The summed E-state index contributed by atoms with van der Waals surface area (Å²) in [6, 6.07) is 4.42. The minimum Gasteiger partial charge on any atom is -0.386 e. The highest BCUT2D eigenvalue weighted by atomic mass is 32.1. The molecule has 1 aliphatic rings. The molecule has 0 radical (unpaired) electrons. The van der Waals surface area contributed by atoms with Crippen molar-refractivity contribution in [2.75, 3.05) is 0 Å². The van der Waals surface area contributed by atoms with Gasteiger partial charge in [-0.15, -0.1) is 11.3 Å². The van der Waals surface area contributed by atoms with Crippen LogP contribution < -0.4 is 0 Å². The summed E-state index contributed by atoms with van der Waals surface area (Å²) >= 11 is 1.56. The molecule has 1 aliphatic carbocycles. The Morgan fingerprint density at radius 1 is 1.53 bits per heavy atom. The van der Waals surface area contributed by atoms with Crippen molar-refractivity contribution < 1.29 is 5.11 Å². The molecule has 0 aromatic carbocycles. The molecule has 1 atom stereocenters. The Hall–Kier alpha value is -0.850. The van der Waals surface area contributed by atoms with Gasteiger partial charge in [0.25, 0.3) is 0 Å². The third-order valence-corrected chi connectivity index (χ3v) is 5.13. The van der Waals surface area contributed by atoms with Crippen LogP contribution in [-0.2, 0) is 0 Å². The van der Waals surface area contributed by atoms with Crippen molar-refractivity contribution in [3.05, 3.63) is 21.9 Å². The van der Waals surface area contributed by atoms with Crippen LogP contribution in [0.15, 0.2) is 11.4 Å². The van der Waals surface area contributed by atoms with Gasteiger partial charge in [0.15, 0.2) is 0 Å². The lowest BCUT2D eigenvalue weighted by molar-refractivity contribution is 0.0288. The second kappa shape index (κ2) is 4.80. The van der Waals surface area contributed by atoms with E-state index in [9.17, 15) is 10.4 Å². The molecule has 17 heavy (non-hydrogen) atoms. The van der Waals surface area contributed by atoms with Gasteiger partial charge in [0, 0.05) is 4.88 Å². The van der Waals surface area contributed by atoms with Crippen LogP contribution in [-0.4, -0.2) is 5.11 Å². The summed E-state index contributed by atoms with van der Waals surface area (Å²) in [5, 5.41) is 22.0. The van der Waals surface area contributed by atoms with E-state index in [4.69, 9.17) is 0 Å². The molecule has 1 N–H and O–H groups in total. The zero-order valence-electron chi connectivity index (χ0n) is 10.4. The first kappa shape index (κ1) is 12.6. The number of rotatable bonds is 2. The zero-order valence-corrected chi connectivity index (χ0v) is 11.3. The third-order valence-electron chi connectivity index (χ3n) is 4.06. The lowest BCUT2D eigenvalue weighted by Gasteiger charge is -2.37. The number of hydrogen-bond donors (Lipinski definition) is 1. The van der Waals surface area contributed by atoms with Crippen molar-refractivity contribution in [2.45, 2.75) is 45.6 Å². The minimum atomic E-state index is -0.611. The number of aryl methyl sites for hydroxylation is 1. The first-order chi connectivity index (χ1) is 8.09. The van der Waals surface area contributed by atoms with E-state index >= 15 is 0 Å². The maximum Gasteiger partial charge on any atom is 0.107 e. The van der Waals surface area contributed by atoms with Gasteiger partial charge in [0.2, 0.25) is 0 Å². The van der Waals surface area contributed by atoms with Crippen molar-refractivity contribution in [1.82, 2.24) is 0 Å². The number of aliphatic hydroxyl groups excluding tert-OH is 1. The van der Waals surface area contributed by atoms with E-state index in [0.717, 1.165) is 36.1 Å². The highest BCUT2D eigenvalue weighted by molar-refractivity contribution is 7.10. The van der Waals surface area contributed by atoms with E-state index in [1.165, 1.54) is 0 Å². The molecule has 0 spiro atoms. The van der Waals surface area contributed by atoms with Crippen molar-refractivity contribution in [3.63, 3.8) is 0 Å². The number of nitriles is 1. The quantitative estimate of drug-likeness (QED) is 0.866. The number of thiophene rings is 1. The summed E-state index contributed by atoms with van der Waals surface area (Å²) < 4.78 is 0. The first-order valence-electron chi connectivity index (χ1n) is 6.22. The van der Waals surface area contributed by atoms with E-state index < -0.39 is 11.5 Å². The predicted octanol–water partition coefficient (Wildman–Crippen LogP) is 3.81. The van der Waals surface area contributed by atoms with Gasteiger partial charge in [0.1, 0.15) is 6.10 Å². The van der Waals surface area contributed by atoms with Crippen molar-refractivity contribution in [3.8, 4) is 6.07 Å². The number of nitrogens with zero attached hydrogens (tertiary/aromatic N) is 1. The fourth-order valence-electron chi connectivity index (χ4n) is 2.64. The molecule has 1 unspecified atom stereocenters. The number of aliphatic hydroxyl groups is 1. The molecule has 1 heterocycles. The van der Waals surface area contributed by atoms with Crippen LogP contribution in [0.5, 0.6) is 0 Å². The highest BCUT2D eigenvalue weighted by Crippen LogP contribution is 2.48. The van der Waals surface area contributed by atoms with E-state index in [2.05, 4.69) is 13.0 Å². The largest absolute Gasteiger partial charge is 0.386 e. The molecule has 1 fully saturated rings. The Balaban J connectivity index is 2.25. The van der Waals surface area contributed by atoms with Gasteiger partial charge in [0.05, 0.1) is 11.5 Å². The molecule has 1 aromatic heterocycles. The van der Waals surface area contributed by atoms with Crippen molar-refractivity contribution in [2.24, 2.45) is 11.3 Å². The van der Waals surface area contributed by atoms with Gasteiger partial charge in [-0.25, -0.2) is 0 Å². The maximum absolute atomic E-state index is 10.5. The summed E-state index contributed by atoms with van der Waals surface area (Å²) in [4.78, 5) is 0.973. The standard InChI is InChI=1S/C14H19NOS/c1-10-3-6-14(9-15,7-4-10)13(16)12-11(2)5-8-17-12/h5,8,10,13,16H,3-4,6-7H2,1-2H3. The summed E-state index contributed by atoms with van der Waals surface area (Å²) in [5.41, 5.74) is 0.554. The second-order valence-corrected chi connectivity index (χ2v) is 6.27. The Morgan fingerprint density at radius 2 is 2.18 bits per heavy atom. The molecular weight excluding hydrogens is 230 g/mol. The van der Waals surface area contributed by atoms with E-state index in [-0.39, 0.29) is 0 Å². The summed E-state index contributed by atoms with van der Waals surface area (Å²) in [7, 11) is 0. The third kappa shape index (κ3) is 2.25. The average molecular weight is 249 g/mol. The smallest absolute Gasteiger partial charge is 0.107 e. The SMILES string of the molecule is Cc1ccsc1C(O)C1(C#N)CCC(C)CC1. The van der Waals surface area contributed by atoms with Gasteiger partial charge < -0.3 is 5.11 Å². The molecule has 0 amide bonds. The molecule has 0 aliphatic heterocycles.